The van der Waals surface area contributed by atoms with Gasteiger partial charge in [0.25, 0.3) is 0 Å². The highest BCUT2D eigenvalue weighted by Crippen LogP contribution is 2.29. The van der Waals surface area contributed by atoms with Crippen molar-refractivity contribution in [3.05, 3.63) is 65.4 Å². The fourth-order valence-corrected chi connectivity index (χ4v) is 2.28. The second-order valence-electron chi connectivity index (χ2n) is 4.66. The van der Waals surface area contributed by atoms with Crippen LogP contribution in [0.5, 0.6) is 0 Å². The molecular formula is C15H14FN3O. The number of hydrogen-bond donors (Lipinski definition) is 2. The average Bonchev–Trinajstić information content (AvgIpc) is 2.84. The maximum atomic E-state index is 13.2. The normalized spacial score (nSPS) is 12.8. The summed E-state index contributed by atoms with van der Waals surface area (Å²) in [6, 6.07) is 7.79. The smallest absolute Gasteiger partial charge is 0.134 e. The Labute approximate surface area is 115 Å². The van der Waals surface area contributed by atoms with E-state index in [0.29, 0.717) is 16.7 Å². The minimum atomic E-state index is -0.320. The van der Waals surface area contributed by atoms with Gasteiger partial charge in [-0.25, -0.2) is 9.82 Å². The minimum Gasteiger partial charge on any atom is -0.459 e. The van der Waals surface area contributed by atoms with Gasteiger partial charge in [-0.3, -0.25) is 10.8 Å². The van der Waals surface area contributed by atoms with Crippen molar-refractivity contribution in [2.24, 2.45) is 5.84 Å². The van der Waals surface area contributed by atoms with E-state index in [1.807, 2.05) is 13.0 Å². The van der Waals surface area contributed by atoms with Gasteiger partial charge in [-0.2, -0.15) is 0 Å². The summed E-state index contributed by atoms with van der Waals surface area (Å²) in [5, 5.41) is 0.710. The molecule has 0 aliphatic carbocycles. The Balaban J connectivity index is 2.10. The highest BCUT2D eigenvalue weighted by atomic mass is 19.1. The van der Waals surface area contributed by atoms with Crippen LogP contribution in [-0.2, 0) is 0 Å². The Morgan fingerprint density at radius 1 is 1.30 bits per heavy atom. The molecule has 20 heavy (non-hydrogen) atoms. The zero-order valence-corrected chi connectivity index (χ0v) is 10.9. The number of nitrogens with one attached hydrogen (secondary N) is 1. The average molecular weight is 271 g/mol. The van der Waals surface area contributed by atoms with Gasteiger partial charge >= 0.3 is 0 Å². The van der Waals surface area contributed by atoms with Gasteiger partial charge in [0.15, 0.2) is 0 Å². The van der Waals surface area contributed by atoms with Crippen LogP contribution in [0, 0.1) is 12.7 Å². The summed E-state index contributed by atoms with van der Waals surface area (Å²) < 4.78 is 19.0. The lowest BCUT2D eigenvalue weighted by Crippen LogP contribution is -2.29. The number of nitrogens with zero attached hydrogens (tertiary/aromatic N) is 1. The van der Waals surface area contributed by atoms with Gasteiger partial charge < -0.3 is 4.42 Å². The van der Waals surface area contributed by atoms with E-state index < -0.39 is 0 Å². The third kappa shape index (κ3) is 2.17. The van der Waals surface area contributed by atoms with Crippen LogP contribution in [0.2, 0.25) is 0 Å². The molecule has 0 radical (unpaired) electrons. The third-order valence-corrected chi connectivity index (χ3v) is 3.34. The first kappa shape index (κ1) is 12.8. The monoisotopic (exact) mass is 271 g/mol. The number of fused-ring (bicyclic) bond motifs is 1. The number of rotatable bonds is 3. The van der Waals surface area contributed by atoms with Crippen LogP contribution in [0.3, 0.4) is 0 Å². The SMILES string of the molecule is Cc1ccncc1C(NN)c1cc2cc(F)ccc2o1. The number of hydrogen-bond acceptors (Lipinski definition) is 4. The fourth-order valence-electron chi connectivity index (χ4n) is 2.28. The lowest BCUT2D eigenvalue weighted by molar-refractivity contribution is 0.475. The van der Waals surface area contributed by atoms with E-state index >= 15 is 0 Å². The van der Waals surface area contributed by atoms with Crippen molar-refractivity contribution >= 4 is 11.0 Å². The Bertz CT molecular complexity index is 754. The van der Waals surface area contributed by atoms with Gasteiger partial charge in [0.1, 0.15) is 23.2 Å². The molecule has 3 rings (SSSR count). The molecule has 1 unspecified atom stereocenters. The molecule has 0 amide bonds. The predicted octanol–water partition coefficient (Wildman–Crippen LogP) is 2.83. The van der Waals surface area contributed by atoms with Crippen LogP contribution >= 0.6 is 0 Å². The van der Waals surface area contributed by atoms with Crippen LogP contribution in [0.25, 0.3) is 11.0 Å². The topological polar surface area (TPSA) is 64.1 Å². The molecule has 3 N–H and O–H groups in total. The zero-order valence-electron chi connectivity index (χ0n) is 10.9. The van der Waals surface area contributed by atoms with Crippen molar-refractivity contribution in [3.63, 3.8) is 0 Å². The molecule has 102 valence electrons. The van der Waals surface area contributed by atoms with Crippen molar-refractivity contribution in [2.75, 3.05) is 0 Å². The molecule has 0 fully saturated rings. The number of furan rings is 1. The van der Waals surface area contributed by atoms with Gasteiger partial charge in [0, 0.05) is 17.8 Å². The van der Waals surface area contributed by atoms with Gasteiger partial charge in [-0.15, -0.1) is 0 Å². The molecule has 3 aromatic rings. The highest BCUT2D eigenvalue weighted by molar-refractivity contribution is 5.78. The van der Waals surface area contributed by atoms with E-state index in [-0.39, 0.29) is 11.9 Å². The second kappa shape index (κ2) is 5.03. The Kier molecular flexibility index (Phi) is 3.22. The molecule has 1 aromatic carbocycles. The van der Waals surface area contributed by atoms with Crippen LogP contribution in [0.15, 0.2) is 47.1 Å². The van der Waals surface area contributed by atoms with E-state index in [1.165, 1.54) is 12.1 Å². The molecule has 0 aliphatic heterocycles. The van der Waals surface area contributed by atoms with Crippen molar-refractivity contribution in [2.45, 2.75) is 13.0 Å². The summed E-state index contributed by atoms with van der Waals surface area (Å²) in [5.41, 5.74) is 5.33. The van der Waals surface area contributed by atoms with E-state index in [4.69, 9.17) is 10.3 Å². The van der Waals surface area contributed by atoms with Crippen molar-refractivity contribution in [1.29, 1.82) is 0 Å². The molecule has 4 nitrogen and oxygen atoms in total. The first-order chi connectivity index (χ1) is 9.69. The van der Waals surface area contributed by atoms with E-state index in [0.717, 1.165) is 11.1 Å². The van der Waals surface area contributed by atoms with Gasteiger partial charge in [-0.05, 0) is 48.4 Å². The summed E-state index contributed by atoms with van der Waals surface area (Å²) in [6.07, 6.45) is 3.47. The number of aromatic nitrogens is 1. The van der Waals surface area contributed by atoms with Gasteiger partial charge in [0.2, 0.25) is 0 Å². The largest absolute Gasteiger partial charge is 0.459 e. The first-order valence-corrected chi connectivity index (χ1v) is 6.24. The number of benzene rings is 1. The van der Waals surface area contributed by atoms with Crippen LogP contribution in [0.1, 0.15) is 22.9 Å². The molecule has 1 atom stereocenters. The molecule has 2 aromatic heterocycles. The summed E-state index contributed by atoms with van der Waals surface area (Å²) in [5.74, 6) is 5.98. The van der Waals surface area contributed by atoms with E-state index in [2.05, 4.69) is 10.4 Å². The van der Waals surface area contributed by atoms with E-state index in [1.54, 1.807) is 24.5 Å². The molecular weight excluding hydrogens is 257 g/mol. The molecule has 0 saturated carbocycles. The molecule has 0 saturated heterocycles. The van der Waals surface area contributed by atoms with E-state index in [9.17, 15) is 4.39 Å². The quantitative estimate of drug-likeness (QED) is 0.568. The minimum absolute atomic E-state index is 0.292. The lowest BCUT2D eigenvalue weighted by Gasteiger charge is -2.15. The second-order valence-corrected chi connectivity index (χ2v) is 4.66. The number of pyridine rings is 1. The molecule has 5 heteroatoms. The predicted molar refractivity (Wildman–Crippen MR) is 74.3 cm³/mol. The highest BCUT2D eigenvalue weighted by Gasteiger charge is 2.19. The Hall–Kier alpha value is -2.24. The maximum absolute atomic E-state index is 13.2. The number of hydrazine groups is 1. The number of aryl methyl sites for hydroxylation is 1. The van der Waals surface area contributed by atoms with Crippen LogP contribution < -0.4 is 11.3 Å². The summed E-state index contributed by atoms with van der Waals surface area (Å²) in [4.78, 5) is 4.11. The summed E-state index contributed by atoms with van der Waals surface area (Å²) >= 11 is 0. The van der Waals surface area contributed by atoms with Crippen molar-refractivity contribution < 1.29 is 8.81 Å². The summed E-state index contributed by atoms with van der Waals surface area (Å²) in [6.45, 7) is 1.98. The van der Waals surface area contributed by atoms with Gasteiger partial charge in [-0.1, -0.05) is 0 Å². The zero-order chi connectivity index (χ0) is 14.1. The Morgan fingerprint density at radius 3 is 2.90 bits per heavy atom. The van der Waals surface area contributed by atoms with Crippen molar-refractivity contribution in [1.82, 2.24) is 10.4 Å². The molecule has 0 spiro atoms. The third-order valence-electron chi connectivity index (χ3n) is 3.34. The van der Waals surface area contributed by atoms with Crippen molar-refractivity contribution in [3.8, 4) is 0 Å². The van der Waals surface area contributed by atoms with Crippen LogP contribution in [0.4, 0.5) is 4.39 Å². The molecule has 0 bridgehead atoms. The lowest BCUT2D eigenvalue weighted by atomic mass is 10.0. The summed E-state index contributed by atoms with van der Waals surface area (Å²) in [7, 11) is 0. The Morgan fingerprint density at radius 2 is 2.15 bits per heavy atom. The standard InChI is InChI=1S/C15H14FN3O/c1-9-4-5-18-8-12(9)15(19-17)14-7-10-6-11(16)2-3-13(10)20-14/h2-8,15,19H,17H2,1H3. The molecule has 2 heterocycles. The number of halogens is 1. The van der Waals surface area contributed by atoms with Gasteiger partial charge in [0.05, 0.1) is 0 Å². The van der Waals surface area contributed by atoms with Crippen LogP contribution in [-0.4, -0.2) is 4.98 Å². The first-order valence-electron chi connectivity index (χ1n) is 6.24. The number of nitrogens with two attached hydrogens (primary N) is 1. The molecule has 0 aliphatic rings. The maximum Gasteiger partial charge on any atom is 0.134 e. The fraction of sp³-hybridized carbons (Fsp3) is 0.133.